The molecule has 1 N–H and O–H groups in total. The van der Waals surface area contributed by atoms with E-state index < -0.39 is 6.04 Å². The van der Waals surface area contributed by atoms with Crippen molar-refractivity contribution in [1.82, 2.24) is 10.2 Å². The molecule has 0 aromatic heterocycles. The minimum absolute atomic E-state index is 0.0934. The Kier molecular flexibility index (Phi) is 9.39. The van der Waals surface area contributed by atoms with Crippen LogP contribution < -0.4 is 10.1 Å². The molecule has 0 saturated carbocycles. The van der Waals surface area contributed by atoms with Crippen molar-refractivity contribution < 1.29 is 14.3 Å². The Hall–Kier alpha value is -2.82. The van der Waals surface area contributed by atoms with E-state index in [0.29, 0.717) is 25.3 Å². The Morgan fingerprint density at radius 2 is 1.80 bits per heavy atom. The van der Waals surface area contributed by atoms with Crippen molar-refractivity contribution in [2.45, 2.75) is 53.0 Å². The van der Waals surface area contributed by atoms with Crippen molar-refractivity contribution in [1.29, 1.82) is 0 Å². The summed E-state index contributed by atoms with van der Waals surface area (Å²) in [4.78, 5) is 27.2. The fraction of sp³-hybridized carbons (Fsp3) is 0.440. The van der Waals surface area contributed by atoms with Crippen LogP contribution in [0, 0.1) is 13.8 Å². The number of aryl methyl sites for hydroxylation is 2. The summed E-state index contributed by atoms with van der Waals surface area (Å²) < 4.78 is 5.74. The number of nitrogens with zero attached hydrogens (tertiary/aromatic N) is 1. The molecule has 2 rings (SSSR count). The normalized spacial score (nSPS) is 11.6. The molecule has 0 spiro atoms. The molecule has 0 unspecified atom stereocenters. The summed E-state index contributed by atoms with van der Waals surface area (Å²) in [6.45, 7) is 8.90. The van der Waals surface area contributed by atoms with Gasteiger partial charge in [-0.25, -0.2) is 0 Å². The highest BCUT2D eigenvalue weighted by Crippen LogP contribution is 2.17. The summed E-state index contributed by atoms with van der Waals surface area (Å²) in [5, 5.41) is 2.93. The molecule has 0 aliphatic heterocycles. The van der Waals surface area contributed by atoms with Gasteiger partial charge in [0.2, 0.25) is 5.91 Å². The Balaban J connectivity index is 2.04. The highest BCUT2D eigenvalue weighted by Gasteiger charge is 2.25. The second-order valence-electron chi connectivity index (χ2n) is 7.68. The molecule has 0 fully saturated rings. The summed E-state index contributed by atoms with van der Waals surface area (Å²) in [7, 11) is 0. The van der Waals surface area contributed by atoms with Gasteiger partial charge in [-0.1, -0.05) is 49.7 Å². The lowest BCUT2D eigenvalue weighted by Gasteiger charge is -2.28. The van der Waals surface area contributed by atoms with Crippen molar-refractivity contribution in [3.8, 4) is 5.75 Å². The number of rotatable bonds is 11. The molecular formula is C25H34N2O3. The van der Waals surface area contributed by atoms with Crippen molar-refractivity contribution in [3.63, 3.8) is 0 Å². The molecule has 5 nitrogen and oxygen atoms in total. The summed E-state index contributed by atoms with van der Waals surface area (Å²) in [6.07, 6.45) is 2.62. The number of unbranched alkanes of at least 4 members (excludes halogenated alkanes) is 1. The number of nitrogens with one attached hydrogen (secondary N) is 1. The van der Waals surface area contributed by atoms with Gasteiger partial charge >= 0.3 is 0 Å². The van der Waals surface area contributed by atoms with Crippen LogP contribution in [0.4, 0.5) is 0 Å². The maximum atomic E-state index is 13.0. The number of amides is 2. The number of carbonyl (C=O) groups excluding carboxylic acids is 2. The fourth-order valence-corrected chi connectivity index (χ4v) is 3.14. The fourth-order valence-electron chi connectivity index (χ4n) is 3.14. The van der Waals surface area contributed by atoms with E-state index in [9.17, 15) is 9.59 Å². The number of hydrogen-bond donors (Lipinski definition) is 1. The molecule has 2 amide bonds. The lowest BCUT2D eigenvalue weighted by Crippen LogP contribution is -2.50. The van der Waals surface area contributed by atoms with Gasteiger partial charge in [-0.15, -0.1) is 0 Å². The zero-order valence-electron chi connectivity index (χ0n) is 18.6. The van der Waals surface area contributed by atoms with Crippen LogP contribution >= 0.6 is 0 Å². The summed E-state index contributed by atoms with van der Waals surface area (Å²) in [6, 6.07) is 15.2. The van der Waals surface area contributed by atoms with Crippen LogP contribution in [0.15, 0.2) is 48.5 Å². The third kappa shape index (κ3) is 7.21. The molecule has 1 atom stereocenters. The maximum absolute atomic E-state index is 13.0. The zero-order chi connectivity index (χ0) is 21.9. The minimum atomic E-state index is -0.554. The first-order valence-corrected chi connectivity index (χ1v) is 10.7. The van der Waals surface area contributed by atoms with Crippen LogP contribution in [-0.2, 0) is 16.0 Å². The van der Waals surface area contributed by atoms with Gasteiger partial charge in [0.15, 0.2) is 6.61 Å². The van der Waals surface area contributed by atoms with Crippen molar-refractivity contribution in [2.24, 2.45) is 0 Å². The quantitative estimate of drug-likeness (QED) is 0.569. The van der Waals surface area contributed by atoms with E-state index in [4.69, 9.17) is 4.74 Å². The predicted molar refractivity (Wildman–Crippen MR) is 121 cm³/mol. The topological polar surface area (TPSA) is 58.6 Å². The van der Waals surface area contributed by atoms with Gasteiger partial charge in [0, 0.05) is 13.1 Å². The van der Waals surface area contributed by atoms with Gasteiger partial charge < -0.3 is 15.0 Å². The largest absolute Gasteiger partial charge is 0.484 e. The molecular weight excluding hydrogens is 376 g/mol. The highest BCUT2D eigenvalue weighted by molar-refractivity contribution is 5.87. The van der Waals surface area contributed by atoms with Gasteiger partial charge in [-0.05, 0) is 62.4 Å². The van der Waals surface area contributed by atoms with Crippen LogP contribution in [0.5, 0.6) is 5.75 Å². The molecule has 30 heavy (non-hydrogen) atoms. The Bertz CT molecular complexity index is 820. The van der Waals surface area contributed by atoms with Gasteiger partial charge in [0.1, 0.15) is 11.8 Å². The molecule has 2 aromatic carbocycles. The molecule has 0 aliphatic rings. The SMILES string of the molecule is CCCCNC(=O)[C@H](C)N(CCc1ccccc1)C(=O)COc1ccc(C)c(C)c1. The van der Waals surface area contributed by atoms with E-state index in [1.54, 1.807) is 11.8 Å². The highest BCUT2D eigenvalue weighted by atomic mass is 16.5. The number of hydrogen-bond acceptors (Lipinski definition) is 3. The predicted octanol–water partition coefficient (Wildman–Crippen LogP) is 4.06. The van der Waals surface area contributed by atoms with Gasteiger partial charge in [0.25, 0.3) is 5.91 Å². The van der Waals surface area contributed by atoms with Crippen LogP contribution in [0.25, 0.3) is 0 Å². The van der Waals surface area contributed by atoms with Crippen LogP contribution in [0.1, 0.15) is 43.4 Å². The molecule has 0 bridgehead atoms. The third-order valence-corrected chi connectivity index (χ3v) is 5.32. The van der Waals surface area contributed by atoms with Gasteiger partial charge in [0.05, 0.1) is 0 Å². The standard InChI is InChI=1S/C25H34N2O3/c1-5-6-15-26-25(29)21(4)27(16-14-22-10-8-7-9-11-22)24(28)18-30-23-13-12-19(2)20(3)17-23/h7-13,17,21H,5-6,14-16,18H2,1-4H3,(H,26,29)/t21-/m0/s1. The van der Waals surface area contributed by atoms with Crippen LogP contribution in [-0.4, -0.2) is 42.5 Å². The molecule has 0 aliphatic carbocycles. The molecule has 5 heteroatoms. The van der Waals surface area contributed by atoms with Crippen LogP contribution in [0.3, 0.4) is 0 Å². The van der Waals surface area contributed by atoms with E-state index >= 15 is 0 Å². The maximum Gasteiger partial charge on any atom is 0.261 e. The Morgan fingerprint density at radius 1 is 1.07 bits per heavy atom. The first-order chi connectivity index (χ1) is 14.4. The first kappa shape index (κ1) is 23.5. The minimum Gasteiger partial charge on any atom is -0.484 e. The summed E-state index contributed by atoms with van der Waals surface area (Å²) in [5.41, 5.74) is 3.42. The Morgan fingerprint density at radius 3 is 2.47 bits per heavy atom. The number of ether oxygens (including phenoxy) is 1. The van der Waals surface area contributed by atoms with E-state index in [1.807, 2.05) is 62.4 Å². The lowest BCUT2D eigenvalue weighted by atomic mass is 10.1. The van der Waals surface area contributed by atoms with E-state index in [2.05, 4.69) is 12.2 Å². The monoisotopic (exact) mass is 410 g/mol. The van der Waals surface area contributed by atoms with Gasteiger partial charge in [-0.3, -0.25) is 9.59 Å². The zero-order valence-corrected chi connectivity index (χ0v) is 18.6. The smallest absolute Gasteiger partial charge is 0.261 e. The average Bonchev–Trinajstić information content (AvgIpc) is 2.75. The number of benzene rings is 2. The average molecular weight is 411 g/mol. The molecule has 162 valence electrons. The van der Waals surface area contributed by atoms with Gasteiger partial charge in [-0.2, -0.15) is 0 Å². The Labute approximate surface area is 180 Å². The molecule has 0 saturated heterocycles. The van der Waals surface area contributed by atoms with Crippen LogP contribution in [0.2, 0.25) is 0 Å². The molecule has 2 aromatic rings. The first-order valence-electron chi connectivity index (χ1n) is 10.7. The molecule has 0 radical (unpaired) electrons. The second-order valence-corrected chi connectivity index (χ2v) is 7.68. The molecule has 0 heterocycles. The summed E-state index contributed by atoms with van der Waals surface area (Å²) >= 11 is 0. The second kappa shape index (κ2) is 12.0. The third-order valence-electron chi connectivity index (χ3n) is 5.32. The van der Waals surface area contributed by atoms with E-state index in [-0.39, 0.29) is 18.4 Å². The van der Waals surface area contributed by atoms with Crippen molar-refractivity contribution in [3.05, 3.63) is 65.2 Å². The van der Waals surface area contributed by atoms with Crippen molar-refractivity contribution >= 4 is 11.8 Å². The number of carbonyl (C=O) groups is 2. The lowest BCUT2D eigenvalue weighted by molar-refractivity contribution is -0.141. The van der Waals surface area contributed by atoms with Crippen molar-refractivity contribution in [2.75, 3.05) is 19.7 Å². The van der Waals surface area contributed by atoms with E-state index in [0.717, 1.165) is 24.0 Å². The summed E-state index contributed by atoms with van der Waals surface area (Å²) in [5.74, 6) is 0.341. The van der Waals surface area contributed by atoms with E-state index in [1.165, 1.54) is 5.56 Å².